The van der Waals surface area contributed by atoms with Gasteiger partial charge < -0.3 is 4.74 Å². The van der Waals surface area contributed by atoms with Crippen molar-refractivity contribution in [1.82, 2.24) is 0 Å². The van der Waals surface area contributed by atoms with Gasteiger partial charge in [0.15, 0.2) is 0 Å². The van der Waals surface area contributed by atoms with Gasteiger partial charge in [-0.1, -0.05) is 11.6 Å². The van der Waals surface area contributed by atoms with Crippen LogP contribution in [0.4, 0.5) is 4.39 Å². The van der Waals surface area contributed by atoms with E-state index in [0.717, 1.165) is 6.42 Å². The van der Waals surface area contributed by atoms with Gasteiger partial charge in [-0.25, -0.2) is 4.39 Å². The van der Waals surface area contributed by atoms with Gasteiger partial charge in [0.05, 0.1) is 6.61 Å². The smallest absolute Gasteiger partial charge is 0.142 e. The molecule has 0 saturated carbocycles. The molecule has 1 aromatic carbocycles. The largest absolute Gasteiger partial charge is 0.381 e. The third-order valence-corrected chi connectivity index (χ3v) is 3.13. The Kier molecular flexibility index (Phi) is 3.56. The highest BCUT2D eigenvalue weighted by Crippen LogP contribution is 2.21. The normalized spacial score (nSPS) is 20.0. The summed E-state index contributed by atoms with van der Waals surface area (Å²) in [7, 11) is 0. The highest BCUT2D eigenvalue weighted by molar-refractivity contribution is 6.31. The fraction of sp³-hybridized carbons (Fsp3) is 0.417. The van der Waals surface area contributed by atoms with E-state index in [-0.39, 0.29) is 23.9 Å². The SMILES string of the molecule is O=C(Cc1cc(F)ccc1Cl)C1CCOC1. The van der Waals surface area contributed by atoms with Crippen molar-refractivity contribution in [3.05, 3.63) is 34.6 Å². The molecule has 1 saturated heterocycles. The Morgan fingerprint density at radius 1 is 1.56 bits per heavy atom. The standard InChI is InChI=1S/C12H12ClFO2/c13-11-2-1-10(14)5-9(11)6-12(15)8-3-4-16-7-8/h1-2,5,8H,3-4,6-7H2. The zero-order valence-electron chi connectivity index (χ0n) is 8.71. The number of benzene rings is 1. The van der Waals surface area contributed by atoms with Crippen LogP contribution in [0.25, 0.3) is 0 Å². The Bertz CT molecular complexity index is 400. The van der Waals surface area contributed by atoms with E-state index >= 15 is 0 Å². The van der Waals surface area contributed by atoms with Crippen LogP contribution in [0.1, 0.15) is 12.0 Å². The Hall–Kier alpha value is -0.930. The van der Waals surface area contributed by atoms with E-state index in [1.165, 1.54) is 18.2 Å². The van der Waals surface area contributed by atoms with Crippen LogP contribution in [0.2, 0.25) is 5.02 Å². The molecule has 1 heterocycles. The molecule has 2 rings (SSSR count). The molecule has 16 heavy (non-hydrogen) atoms. The number of rotatable bonds is 3. The molecule has 0 bridgehead atoms. The number of carbonyl (C=O) groups is 1. The lowest BCUT2D eigenvalue weighted by Crippen LogP contribution is -2.17. The zero-order chi connectivity index (χ0) is 11.5. The van der Waals surface area contributed by atoms with Crippen molar-refractivity contribution in [3.63, 3.8) is 0 Å². The van der Waals surface area contributed by atoms with E-state index in [9.17, 15) is 9.18 Å². The first-order chi connectivity index (χ1) is 7.66. The van der Waals surface area contributed by atoms with Crippen molar-refractivity contribution in [2.45, 2.75) is 12.8 Å². The maximum Gasteiger partial charge on any atom is 0.142 e. The molecule has 0 amide bonds. The Morgan fingerprint density at radius 2 is 2.38 bits per heavy atom. The fourth-order valence-electron chi connectivity index (χ4n) is 1.80. The molecule has 1 aromatic rings. The lowest BCUT2D eigenvalue weighted by molar-refractivity contribution is -0.122. The van der Waals surface area contributed by atoms with Crippen molar-refractivity contribution in [3.8, 4) is 0 Å². The number of carbonyl (C=O) groups excluding carboxylic acids is 1. The highest BCUT2D eigenvalue weighted by atomic mass is 35.5. The van der Waals surface area contributed by atoms with Gasteiger partial charge in [-0.2, -0.15) is 0 Å². The van der Waals surface area contributed by atoms with Crippen LogP contribution in [0.3, 0.4) is 0 Å². The zero-order valence-corrected chi connectivity index (χ0v) is 9.47. The third-order valence-electron chi connectivity index (χ3n) is 2.76. The summed E-state index contributed by atoms with van der Waals surface area (Å²) in [4.78, 5) is 11.8. The second-order valence-corrected chi connectivity index (χ2v) is 4.35. The van der Waals surface area contributed by atoms with Crippen LogP contribution in [0.15, 0.2) is 18.2 Å². The molecule has 2 nitrogen and oxygen atoms in total. The van der Waals surface area contributed by atoms with Gasteiger partial charge in [0, 0.05) is 24.0 Å². The monoisotopic (exact) mass is 242 g/mol. The van der Waals surface area contributed by atoms with Crippen molar-refractivity contribution < 1.29 is 13.9 Å². The molecule has 1 atom stereocenters. The summed E-state index contributed by atoms with van der Waals surface area (Å²) in [5, 5.41) is 0.439. The van der Waals surface area contributed by atoms with Gasteiger partial charge >= 0.3 is 0 Å². The van der Waals surface area contributed by atoms with Gasteiger partial charge in [0.2, 0.25) is 0 Å². The second kappa shape index (κ2) is 4.93. The first-order valence-corrected chi connectivity index (χ1v) is 5.59. The number of ketones is 1. The predicted molar refractivity (Wildman–Crippen MR) is 59.0 cm³/mol. The van der Waals surface area contributed by atoms with Gasteiger partial charge in [0.25, 0.3) is 0 Å². The number of halogens is 2. The first-order valence-electron chi connectivity index (χ1n) is 5.21. The molecule has 86 valence electrons. The predicted octanol–water partition coefficient (Wildman–Crippen LogP) is 2.63. The summed E-state index contributed by atoms with van der Waals surface area (Å²) in [5.74, 6) is -0.348. The topological polar surface area (TPSA) is 26.3 Å². The van der Waals surface area contributed by atoms with E-state index in [2.05, 4.69) is 0 Å². The summed E-state index contributed by atoms with van der Waals surface area (Å²) in [5.41, 5.74) is 0.554. The Morgan fingerprint density at radius 3 is 3.06 bits per heavy atom. The van der Waals surface area contributed by atoms with Crippen LogP contribution in [-0.4, -0.2) is 19.0 Å². The second-order valence-electron chi connectivity index (χ2n) is 3.94. The van der Waals surface area contributed by atoms with E-state index in [1.54, 1.807) is 0 Å². The summed E-state index contributed by atoms with van der Waals surface area (Å²) in [6, 6.07) is 4.08. The van der Waals surface area contributed by atoms with Crippen molar-refractivity contribution >= 4 is 17.4 Å². The molecular formula is C12H12ClFO2. The Labute approximate surface area is 98.4 Å². The quantitative estimate of drug-likeness (QED) is 0.815. The maximum atomic E-state index is 13.0. The number of Topliss-reactive ketones (excluding diaryl/α,β-unsaturated/α-hetero) is 1. The van der Waals surface area contributed by atoms with Crippen molar-refractivity contribution in [2.75, 3.05) is 13.2 Å². The van der Waals surface area contributed by atoms with E-state index in [0.29, 0.717) is 23.8 Å². The lowest BCUT2D eigenvalue weighted by Gasteiger charge is -2.07. The summed E-state index contributed by atoms with van der Waals surface area (Å²) in [6.07, 6.45) is 0.941. The van der Waals surface area contributed by atoms with Crippen LogP contribution in [0.5, 0.6) is 0 Å². The molecular weight excluding hydrogens is 231 g/mol. The van der Waals surface area contributed by atoms with E-state index < -0.39 is 0 Å². The molecule has 0 aromatic heterocycles. The number of ether oxygens (including phenoxy) is 1. The third kappa shape index (κ3) is 2.60. The summed E-state index contributed by atoms with van der Waals surface area (Å²) < 4.78 is 18.1. The molecule has 4 heteroatoms. The fourth-order valence-corrected chi connectivity index (χ4v) is 1.98. The van der Waals surface area contributed by atoms with Gasteiger partial charge in [-0.3, -0.25) is 4.79 Å². The number of hydrogen-bond donors (Lipinski definition) is 0. The molecule has 0 N–H and O–H groups in total. The maximum absolute atomic E-state index is 13.0. The average Bonchev–Trinajstić information content (AvgIpc) is 2.76. The van der Waals surface area contributed by atoms with Crippen molar-refractivity contribution in [1.29, 1.82) is 0 Å². The van der Waals surface area contributed by atoms with Crippen molar-refractivity contribution in [2.24, 2.45) is 5.92 Å². The minimum absolute atomic E-state index is 0.0562. The first kappa shape index (κ1) is 11.6. The van der Waals surface area contributed by atoms with Crippen LogP contribution in [0, 0.1) is 11.7 Å². The summed E-state index contributed by atoms with van der Waals surface area (Å²) in [6.45, 7) is 1.11. The molecule has 0 spiro atoms. The van der Waals surface area contributed by atoms with Crippen LogP contribution >= 0.6 is 11.6 Å². The van der Waals surface area contributed by atoms with E-state index in [4.69, 9.17) is 16.3 Å². The summed E-state index contributed by atoms with van der Waals surface area (Å²) >= 11 is 5.90. The van der Waals surface area contributed by atoms with Crippen LogP contribution < -0.4 is 0 Å². The molecule has 1 fully saturated rings. The average molecular weight is 243 g/mol. The highest BCUT2D eigenvalue weighted by Gasteiger charge is 2.23. The molecule has 1 aliphatic heterocycles. The minimum Gasteiger partial charge on any atom is -0.381 e. The van der Waals surface area contributed by atoms with Gasteiger partial charge in [-0.15, -0.1) is 0 Å². The van der Waals surface area contributed by atoms with E-state index in [1.807, 2.05) is 0 Å². The lowest BCUT2D eigenvalue weighted by atomic mass is 9.97. The molecule has 0 aliphatic carbocycles. The molecule has 0 radical (unpaired) electrons. The van der Waals surface area contributed by atoms with Crippen LogP contribution in [-0.2, 0) is 16.0 Å². The Balaban J connectivity index is 2.07. The number of hydrogen-bond acceptors (Lipinski definition) is 2. The molecule has 1 aliphatic rings. The minimum atomic E-state index is -0.366. The van der Waals surface area contributed by atoms with Gasteiger partial charge in [-0.05, 0) is 30.2 Å². The molecule has 1 unspecified atom stereocenters. The van der Waals surface area contributed by atoms with Gasteiger partial charge in [0.1, 0.15) is 11.6 Å².